The molecule has 0 saturated carbocycles. The molecule has 1 aliphatic carbocycles. The molecule has 0 bridgehead atoms. The lowest BCUT2D eigenvalue weighted by molar-refractivity contribution is 0.0268. The molecule has 0 radical (unpaired) electrons. The lowest BCUT2D eigenvalue weighted by atomic mass is 10.1. The van der Waals surface area contributed by atoms with Crippen LogP contribution in [0.4, 0.5) is 0 Å². The Bertz CT molecular complexity index is 314. The van der Waals surface area contributed by atoms with E-state index in [0.717, 1.165) is 25.5 Å². The van der Waals surface area contributed by atoms with Gasteiger partial charge in [0, 0.05) is 27.2 Å². The summed E-state index contributed by atoms with van der Waals surface area (Å²) in [6.45, 7) is 5.79. The van der Waals surface area contributed by atoms with Crippen LogP contribution in [-0.2, 0) is 4.74 Å². The molecular formula is C14H28IN3O. The third-order valence-electron chi connectivity index (χ3n) is 3.33. The van der Waals surface area contributed by atoms with Gasteiger partial charge in [-0.25, -0.2) is 0 Å². The number of ether oxygens (including phenoxy) is 1. The minimum Gasteiger partial charge on any atom is -0.377 e. The molecule has 112 valence electrons. The number of aliphatic imine (C=N–C) groups is 1. The van der Waals surface area contributed by atoms with Gasteiger partial charge in [-0.2, -0.15) is 0 Å². The predicted octanol–water partition coefficient (Wildman–Crippen LogP) is 2.69. The Balaban J connectivity index is 0.00000324. The third-order valence-corrected chi connectivity index (χ3v) is 3.33. The summed E-state index contributed by atoms with van der Waals surface area (Å²) >= 11 is 0. The highest BCUT2D eigenvalue weighted by atomic mass is 127. The van der Waals surface area contributed by atoms with Gasteiger partial charge >= 0.3 is 0 Å². The highest BCUT2D eigenvalue weighted by Crippen LogP contribution is 2.19. The molecule has 0 saturated heterocycles. The van der Waals surface area contributed by atoms with Crippen LogP contribution < -0.4 is 10.6 Å². The highest BCUT2D eigenvalue weighted by molar-refractivity contribution is 14.0. The molecular weight excluding hydrogens is 353 g/mol. The van der Waals surface area contributed by atoms with Crippen molar-refractivity contribution in [1.29, 1.82) is 0 Å². The van der Waals surface area contributed by atoms with Gasteiger partial charge in [0.25, 0.3) is 0 Å². The molecule has 4 nitrogen and oxygen atoms in total. The number of methoxy groups -OCH3 is 1. The Morgan fingerprint density at radius 1 is 1.42 bits per heavy atom. The molecule has 0 unspecified atom stereocenters. The fraction of sp³-hybridized carbons (Fsp3) is 0.786. The third kappa shape index (κ3) is 7.77. The first-order chi connectivity index (χ1) is 8.57. The first-order valence-electron chi connectivity index (χ1n) is 6.75. The normalized spacial score (nSPS) is 15.8. The molecule has 19 heavy (non-hydrogen) atoms. The average Bonchev–Trinajstić information content (AvgIpc) is 2.86. The minimum absolute atomic E-state index is 0. The van der Waals surface area contributed by atoms with Crippen molar-refractivity contribution in [2.75, 3.05) is 27.2 Å². The van der Waals surface area contributed by atoms with Crippen molar-refractivity contribution in [3.63, 3.8) is 0 Å². The van der Waals surface area contributed by atoms with Crippen molar-refractivity contribution < 1.29 is 4.74 Å². The Labute approximate surface area is 134 Å². The minimum atomic E-state index is -0.175. The molecule has 0 fully saturated rings. The second kappa shape index (κ2) is 9.58. The molecule has 0 aromatic carbocycles. The van der Waals surface area contributed by atoms with Gasteiger partial charge in [-0.15, -0.1) is 24.0 Å². The van der Waals surface area contributed by atoms with E-state index in [1.165, 1.54) is 19.3 Å². The maximum Gasteiger partial charge on any atom is 0.191 e. The summed E-state index contributed by atoms with van der Waals surface area (Å²) in [5, 5.41) is 6.62. The van der Waals surface area contributed by atoms with E-state index in [1.807, 2.05) is 0 Å². The monoisotopic (exact) mass is 381 g/mol. The van der Waals surface area contributed by atoms with Gasteiger partial charge in [0.2, 0.25) is 0 Å². The summed E-state index contributed by atoms with van der Waals surface area (Å²) in [5.41, 5.74) is 1.40. The van der Waals surface area contributed by atoms with E-state index in [9.17, 15) is 0 Å². The van der Waals surface area contributed by atoms with E-state index in [-0.39, 0.29) is 29.6 Å². The molecule has 1 aliphatic rings. The summed E-state index contributed by atoms with van der Waals surface area (Å²) in [4.78, 5) is 4.21. The number of nitrogens with one attached hydrogen (secondary N) is 2. The van der Waals surface area contributed by atoms with Gasteiger partial charge in [-0.05, 0) is 39.5 Å². The average molecular weight is 381 g/mol. The number of halogens is 1. The van der Waals surface area contributed by atoms with Gasteiger partial charge < -0.3 is 15.4 Å². The van der Waals surface area contributed by atoms with Gasteiger partial charge in [0.05, 0.1) is 5.60 Å². The summed E-state index contributed by atoms with van der Waals surface area (Å²) in [6, 6.07) is 0. The predicted molar refractivity (Wildman–Crippen MR) is 92.4 cm³/mol. The van der Waals surface area contributed by atoms with Crippen LogP contribution >= 0.6 is 24.0 Å². The zero-order valence-corrected chi connectivity index (χ0v) is 14.9. The van der Waals surface area contributed by atoms with Crippen molar-refractivity contribution in [2.24, 2.45) is 4.99 Å². The molecule has 0 spiro atoms. The van der Waals surface area contributed by atoms with Crippen molar-refractivity contribution in [1.82, 2.24) is 10.6 Å². The molecule has 0 aromatic rings. The molecule has 2 N–H and O–H groups in total. The second-order valence-electron chi connectivity index (χ2n) is 5.32. The maximum absolute atomic E-state index is 5.36. The SMILES string of the molecule is CN=C(NCCC1=CCCC1)NCC(C)(C)OC.I. The van der Waals surface area contributed by atoms with E-state index < -0.39 is 0 Å². The summed E-state index contributed by atoms with van der Waals surface area (Å²) in [5.74, 6) is 0.846. The Morgan fingerprint density at radius 3 is 2.68 bits per heavy atom. The zero-order chi connectivity index (χ0) is 13.4. The van der Waals surface area contributed by atoms with Gasteiger partial charge in [-0.1, -0.05) is 11.6 Å². The zero-order valence-electron chi connectivity index (χ0n) is 12.6. The van der Waals surface area contributed by atoms with Gasteiger partial charge in [0.15, 0.2) is 5.96 Å². The Kier molecular flexibility index (Phi) is 9.43. The van der Waals surface area contributed by atoms with Crippen molar-refractivity contribution >= 4 is 29.9 Å². The van der Waals surface area contributed by atoms with E-state index in [4.69, 9.17) is 4.74 Å². The van der Waals surface area contributed by atoms with Crippen molar-refractivity contribution in [3.8, 4) is 0 Å². The number of nitrogens with zero attached hydrogens (tertiary/aromatic N) is 1. The van der Waals surface area contributed by atoms with Crippen LogP contribution in [0.3, 0.4) is 0 Å². The van der Waals surface area contributed by atoms with E-state index in [2.05, 4.69) is 35.5 Å². The van der Waals surface area contributed by atoms with E-state index >= 15 is 0 Å². The highest BCUT2D eigenvalue weighted by Gasteiger charge is 2.16. The molecule has 0 aliphatic heterocycles. The fourth-order valence-electron chi connectivity index (χ4n) is 1.90. The summed E-state index contributed by atoms with van der Waals surface area (Å²) < 4.78 is 5.36. The smallest absolute Gasteiger partial charge is 0.191 e. The standard InChI is InChI=1S/C14H27N3O.HI/c1-14(2,18-4)11-17-13(15-3)16-10-9-12-7-5-6-8-12;/h7H,5-6,8-11H2,1-4H3,(H2,15,16,17);1H. The van der Waals surface area contributed by atoms with Crippen LogP contribution in [0, 0.1) is 0 Å². The lowest BCUT2D eigenvalue weighted by Crippen LogP contribution is -2.45. The lowest BCUT2D eigenvalue weighted by Gasteiger charge is -2.24. The van der Waals surface area contributed by atoms with Gasteiger partial charge in [-0.3, -0.25) is 4.99 Å². The summed E-state index contributed by atoms with van der Waals surface area (Å²) in [6.07, 6.45) is 7.33. The molecule has 0 aromatic heterocycles. The Morgan fingerprint density at radius 2 is 2.16 bits per heavy atom. The van der Waals surface area contributed by atoms with Crippen LogP contribution in [0.25, 0.3) is 0 Å². The van der Waals surface area contributed by atoms with Crippen LogP contribution in [0.2, 0.25) is 0 Å². The van der Waals surface area contributed by atoms with Crippen LogP contribution in [0.1, 0.15) is 39.5 Å². The Hall–Kier alpha value is -0.300. The quantitative estimate of drug-likeness (QED) is 0.322. The fourth-order valence-corrected chi connectivity index (χ4v) is 1.90. The number of rotatable bonds is 6. The van der Waals surface area contributed by atoms with Crippen LogP contribution in [0.15, 0.2) is 16.6 Å². The maximum atomic E-state index is 5.36. The number of hydrogen-bond acceptors (Lipinski definition) is 2. The molecule has 0 heterocycles. The topological polar surface area (TPSA) is 45.7 Å². The molecule has 0 amide bonds. The molecule has 5 heteroatoms. The largest absolute Gasteiger partial charge is 0.377 e. The van der Waals surface area contributed by atoms with Crippen LogP contribution in [-0.4, -0.2) is 38.8 Å². The molecule has 0 atom stereocenters. The van der Waals surface area contributed by atoms with E-state index in [0.29, 0.717) is 0 Å². The van der Waals surface area contributed by atoms with Crippen LogP contribution in [0.5, 0.6) is 0 Å². The molecule has 1 rings (SSSR count). The van der Waals surface area contributed by atoms with Gasteiger partial charge in [0.1, 0.15) is 0 Å². The van der Waals surface area contributed by atoms with Crippen molar-refractivity contribution in [3.05, 3.63) is 11.6 Å². The number of allylic oxidation sites excluding steroid dienone is 1. The number of guanidine groups is 1. The first kappa shape index (κ1) is 18.7. The second-order valence-corrected chi connectivity index (χ2v) is 5.32. The van der Waals surface area contributed by atoms with Crippen molar-refractivity contribution in [2.45, 2.75) is 45.1 Å². The number of hydrogen-bond donors (Lipinski definition) is 2. The first-order valence-corrected chi connectivity index (χ1v) is 6.75. The van der Waals surface area contributed by atoms with E-state index in [1.54, 1.807) is 19.7 Å². The summed E-state index contributed by atoms with van der Waals surface area (Å²) in [7, 11) is 3.52.